The van der Waals surface area contributed by atoms with Crippen LogP contribution in [-0.4, -0.2) is 50.9 Å². The van der Waals surface area contributed by atoms with Crippen LogP contribution in [0.3, 0.4) is 0 Å². The highest BCUT2D eigenvalue weighted by atomic mass is 32.2. The quantitative estimate of drug-likeness (QED) is 0.362. The van der Waals surface area contributed by atoms with Crippen molar-refractivity contribution in [2.45, 2.75) is 65.1 Å². The summed E-state index contributed by atoms with van der Waals surface area (Å²) in [5.74, 6) is -0.224. The molecule has 0 spiro atoms. The highest BCUT2D eigenvalue weighted by Gasteiger charge is 2.33. The number of carbonyl (C=O) groups is 2. The Kier molecular flexibility index (Phi) is 9.98. The molecule has 0 saturated heterocycles. The third-order valence-corrected chi connectivity index (χ3v) is 8.26. The second-order valence-electron chi connectivity index (χ2n) is 10.4. The molecule has 40 heavy (non-hydrogen) atoms. The van der Waals surface area contributed by atoms with Gasteiger partial charge in [0.25, 0.3) is 10.0 Å². The van der Waals surface area contributed by atoms with Crippen molar-refractivity contribution < 1.29 is 22.7 Å². The number of ether oxygens (including phenoxy) is 1. The molecule has 0 radical (unpaired) electrons. The van der Waals surface area contributed by atoms with E-state index >= 15 is 0 Å². The van der Waals surface area contributed by atoms with E-state index in [1.807, 2.05) is 46.8 Å². The van der Waals surface area contributed by atoms with Crippen LogP contribution in [0.4, 0.5) is 5.69 Å². The number of sulfonamides is 1. The number of benzene rings is 3. The molecule has 0 heterocycles. The maximum absolute atomic E-state index is 14.0. The first-order valence-corrected chi connectivity index (χ1v) is 14.7. The average molecular weight is 566 g/mol. The smallest absolute Gasteiger partial charge is 0.264 e. The summed E-state index contributed by atoms with van der Waals surface area (Å²) < 4.78 is 34.4. The normalized spacial score (nSPS) is 12.1. The minimum Gasteiger partial charge on any atom is -0.497 e. The van der Waals surface area contributed by atoms with Crippen LogP contribution >= 0.6 is 0 Å². The van der Waals surface area contributed by atoms with E-state index < -0.39 is 28.5 Å². The minimum absolute atomic E-state index is 0.0787. The van der Waals surface area contributed by atoms with Gasteiger partial charge in [-0.1, -0.05) is 35.9 Å². The Labute approximate surface area is 238 Å². The lowest BCUT2D eigenvalue weighted by Crippen LogP contribution is -2.52. The molecule has 9 heteroatoms. The van der Waals surface area contributed by atoms with Crippen molar-refractivity contribution in [1.29, 1.82) is 0 Å². The van der Waals surface area contributed by atoms with Crippen LogP contribution in [0.2, 0.25) is 0 Å². The summed E-state index contributed by atoms with van der Waals surface area (Å²) in [4.78, 5) is 28.6. The number of carbonyl (C=O) groups excluding carboxylic acids is 2. The molecule has 3 rings (SSSR count). The third kappa shape index (κ3) is 7.63. The predicted molar refractivity (Wildman–Crippen MR) is 158 cm³/mol. The fourth-order valence-electron chi connectivity index (χ4n) is 4.42. The topological polar surface area (TPSA) is 96.0 Å². The zero-order valence-corrected chi connectivity index (χ0v) is 25.1. The number of methoxy groups -OCH3 is 1. The number of hydrogen-bond acceptors (Lipinski definition) is 5. The number of amides is 2. The number of nitrogens with one attached hydrogen (secondary N) is 1. The summed E-state index contributed by atoms with van der Waals surface area (Å²) in [7, 11) is -2.56. The lowest BCUT2D eigenvalue weighted by Gasteiger charge is -2.32. The molecule has 2 amide bonds. The van der Waals surface area contributed by atoms with Gasteiger partial charge >= 0.3 is 0 Å². The van der Waals surface area contributed by atoms with Gasteiger partial charge in [-0.3, -0.25) is 13.9 Å². The largest absolute Gasteiger partial charge is 0.497 e. The van der Waals surface area contributed by atoms with Gasteiger partial charge in [-0.2, -0.15) is 0 Å². The standard InChI is InChI=1S/C31H39N3O5S/c1-21(2)32-31(36)25(6)33(19-26-9-8-10-28(18-26)39-7)30(35)20-34(27-16-23(4)15-24(5)17-27)40(37,38)29-13-11-22(3)12-14-29/h8-18,21,25H,19-20H2,1-7H3,(H,32,36)/t25-/m1/s1. The molecule has 1 N–H and O–H groups in total. The molecule has 214 valence electrons. The van der Waals surface area contributed by atoms with Crippen LogP contribution in [0.5, 0.6) is 5.75 Å². The Hall–Kier alpha value is -3.85. The van der Waals surface area contributed by atoms with Gasteiger partial charge in [-0.15, -0.1) is 0 Å². The Bertz CT molecular complexity index is 1430. The van der Waals surface area contributed by atoms with Gasteiger partial charge in [-0.25, -0.2) is 8.42 Å². The van der Waals surface area contributed by atoms with Crippen LogP contribution in [0.25, 0.3) is 0 Å². The fraction of sp³-hybridized carbons (Fsp3) is 0.355. The van der Waals surface area contributed by atoms with Crippen molar-refractivity contribution in [3.05, 3.63) is 89.0 Å². The lowest BCUT2D eigenvalue weighted by atomic mass is 10.1. The summed E-state index contributed by atoms with van der Waals surface area (Å²) in [6.45, 7) is 10.6. The van der Waals surface area contributed by atoms with Crippen molar-refractivity contribution in [2.75, 3.05) is 18.0 Å². The van der Waals surface area contributed by atoms with Gasteiger partial charge in [-0.05, 0) is 94.6 Å². The first-order chi connectivity index (χ1) is 18.8. The Balaban J connectivity index is 2.07. The summed E-state index contributed by atoms with van der Waals surface area (Å²) >= 11 is 0. The summed E-state index contributed by atoms with van der Waals surface area (Å²) in [5.41, 5.74) is 3.78. The summed E-state index contributed by atoms with van der Waals surface area (Å²) in [5, 5.41) is 2.86. The van der Waals surface area contributed by atoms with Crippen molar-refractivity contribution in [2.24, 2.45) is 0 Å². The third-order valence-electron chi connectivity index (χ3n) is 6.47. The van der Waals surface area contributed by atoms with E-state index in [-0.39, 0.29) is 23.4 Å². The monoisotopic (exact) mass is 565 g/mol. The zero-order chi connectivity index (χ0) is 29.6. The van der Waals surface area contributed by atoms with Crippen molar-refractivity contribution >= 4 is 27.5 Å². The molecule has 0 unspecified atom stereocenters. The Morgan fingerprint density at radius 1 is 0.875 bits per heavy atom. The average Bonchev–Trinajstić information content (AvgIpc) is 2.89. The second kappa shape index (κ2) is 13.0. The Morgan fingerprint density at radius 2 is 1.50 bits per heavy atom. The molecule has 0 bridgehead atoms. The van der Waals surface area contributed by atoms with E-state index in [1.165, 1.54) is 17.0 Å². The van der Waals surface area contributed by atoms with Gasteiger partial charge in [0.2, 0.25) is 11.8 Å². The lowest BCUT2D eigenvalue weighted by molar-refractivity contribution is -0.139. The van der Waals surface area contributed by atoms with Gasteiger partial charge in [0.15, 0.2) is 0 Å². The highest BCUT2D eigenvalue weighted by molar-refractivity contribution is 7.92. The SMILES string of the molecule is COc1cccc(CN(C(=O)CN(c2cc(C)cc(C)c2)S(=O)(=O)c2ccc(C)cc2)[C@H](C)C(=O)NC(C)C)c1. The molecule has 0 saturated carbocycles. The van der Waals surface area contributed by atoms with Crippen LogP contribution in [0.15, 0.2) is 71.6 Å². The van der Waals surface area contributed by atoms with Gasteiger partial charge in [0.05, 0.1) is 17.7 Å². The molecule has 8 nitrogen and oxygen atoms in total. The number of rotatable bonds is 11. The van der Waals surface area contributed by atoms with Gasteiger partial charge in [0, 0.05) is 12.6 Å². The summed E-state index contributed by atoms with van der Waals surface area (Å²) in [6.07, 6.45) is 0. The van der Waals surface area contributed by atoms with Crippen molar-refractivity contribution in [1.82, 2.24) is 10.2 Å². The van der Waals surface area contributed by atoms with Crippen LogP contribution in [0.1, 0.15) is 43.0 Å². The van der Waals surface area contributed by atoms with Gasteiger partial charge < -0.3 is 15.0 Å². The van der Waals surface area contributed by atoms with E-state index in [4.69, 9.17) is 4.74 Å². The summed E-state index contributed by atoms with van der Waals surface area (Å²) in [6, 6.07) is 18.2. The zero-order valence-electron chi connectivity index (χ0n) is 24.3. The molecule has 3 aromatic carbocycles. The Morgan fingerprint density at radius 3 is 2.08 bits per heavy atom. The fourth-order valence-corrected chi connectivity index (χ4v) is 5.81. The molecule has 0 aliphatic heterocycles. The van der Waals surface area contributed by atoms with E-state index in [0.717, 1.165) is 26.6 Å². The first-order valence-electron chi connectivity index (χ1n) is 13.2. The number of anilines is 1. The molecular formula is C31H39N3O5S. The van der Waals surface area contributed by atoms with Crippen LogP contribution in [0, 0.1) is 20.8 Å². The molecule has 1 atom stereocenters. The minimum atomic E-state index is -4.12. The van der Waals surface area contributed by atoms with E-state index in [9.17, 15) is 18.0 Å². The molecular weight excluding hydrogens is 526 g/mol. The van der Waals surface area contributed by atoms with Crippen LogP contribution < -0.4 is 14.4 Å². The number of hydrogen-bond donors (Lipinski definition) is 1. The van der Waals surface area contributed by atoms with Gasteiger partial charge in [0.1, 0.15) is 18.3 Å². The molecule has 0 fully saturated rings. The van der Waals surface area contributed by atoms with Crippen molar-refractivity contribution in [3.63, 3.8) is 0 Å². The predicted octanol–water partition coefficient (Wildman–Crippen LogP) is 4.76. The number of nitrogens with zero attached hydrogens (tertiary/aromatic N) is 2. The second-order valence-corrected chi connectivity index (χ2v) is 12.2. The molecule has 0 aliphatic carbocycles. The highest BCUT2D eigenvalue weighted by Crippen LogP contribution is 2.27. The molecule has 0 aromatic heterocycles. The van der Waals surface area contributed by atoms with E-state index in [2.05, 4.69) is 5.32 Å². The van der Waals surface area contributed by atoms with E-state index in [1.54, 1.807) is 56.5 Å². The maximum Gasteiger partial charge on any atom is 0.264 e. The van der Waals surface area contributed by atoms with E-state index in [0.29, 0.717) is 11.4 Å². The molecule has 0 aliphatic rings. The van der Waals surface area contributed by atoms with Crippen LogP contribution in [-0.2, 0) is 26.2 Å². The molecule has 3 aromatic rings. The maximum atomic E-state index is 14.0. The number of aryl methyl sites for hydroxylation is 3. The first kappa shape index (κ1) is 30.7. The van der Waals surface area contributed by atoms with Crippen molar-refractivity contribution in [3.8, 4) is 5.75 Å².